The van der Waals surface area contributed by atoms with Crippen molar-refractivity contribution in [2.45, 2.75) is 146 Å². The summed E-state index contributed by atoms with van der Waals surface area (Å²) in [5, 5.41) is 10.7. The van der Waals surface area contributed by atoms with Crippen LogP contribution in [0.3, 0.4) is 0 Å². The predicted octanol–water partition coefficient (Wildman–Crippen LogP) is 13.3. The van der Waals surface area contributed by atoms with Gasteiger partial charge in [-0.05, 0) is 123 Å². The maximum atomic E-state index is 13.6. The maximum absolute atomic E-state index is 13.6. The van der Waals surface area contributed by atoms with Crippen LogP contribution in [0.4, 0.5) is 34.1 Å². The Hall–Kier alpha value is -6.03. The number of hydrogen-bond donors (Lipinski definition) is 5. The molecule has 1 unspecified atom stereocenters. The highest BCUT2D eigenvalue weighted by molar-refractivity contribution is 7.86. The van der Waals surface area contributed by atoms with Crippen molar-refractivity contribution in [3.8, 4) is 22.5 Å². The minimum atomic E-state index is -4.78. The molecule has 6 rings (SSSR count). The van der Waals surface area contributed by atoms with E-state index in [-0.39, 0.29) is 44.4 Å². The third-order valence-corrected chi connectivity index (χ3v) is 14.5. The van der Waals surface area contributed by atoms with Crippen LogP contribution in [0.1, 0.15) is 127 Å². The number of carbonyl (C=O) groups excluding carboxylic acids is 2. The fourth-order valence-corrected chi connectivity index (χ4v) is 10.9. The molecule has 4 aromatic carbocycles. The van der Waals surface area contributed by atoms with Crippen molar-refractivity contribution in [3.63, 3.8) is 0 Å². The lowest BCUT2D eigenvalue weighted by molar-refractivity contribution is -0.118. The molecule has 71 heavy (non-hydrogen) atoms. The molecular weight excluding hydrogens is 935 g/mol. The first-order chi connectivity index (χ1) is 33.1. The average molecular weight is 1010 g/mol. The van der Waals surface area contributed by atoms with Gasteiger partial charge in [-0.15, -0.1) is 0 Å². The minimum absolute atomic E-state index is 0.100. The zero-order chi connectivity index (χ0) is 52.5. The molecule has 380 valence electrons. The molecule has 0 fully saturated rings. The van der Waals surface area contributed by atoms with E-state index < -0.39 is 27.1 Å². The van der Waals surface area contributed by atoms with Crippen LogP contribution >= 0.6 is 0 Å². The van der Waals surface area contributed by atoms with E-state index in [1.807, 2.05) is 102 Å². The van der Waals surface area contributed by atoms with Crippen molar-refractivity contribution in [3.05, 3.63) is 105 Å². The molecule has 0 bridgehead atoms. The van der Waals surface area contributed by atoms with Gasteiger partial charge in [0.25, 0.3) is 10.1 Å². The number of fused-ring (bicyclic) bond motifs is 2. The minimum Gasteiger partial charge on any atom is -0.456 e. The van der Waals surface area contributed by atoms with Gasteiger partial charge in [0.15, 0.2) is 0 Å². The van der Waals surface area contributed by atoms with Gasteiger partial charge in [-0.3, -0.25) is 18.4 Å². The van der Waals surface area contributed by atoms with Gasteiger partial charge in [0.2, 0.25) is 22.7 Å². The molecule has 4 aromatic rings. The first-order valence-electron chi connectivity index (χ1n) is 24.3. The predicted molar refractivity (Wildman–Crippen MR) is 290 cm³/mol. The van der Waals surface area contributed by atoms with Crippen molar-refractivity contribution >= 4 is 77.9 Å². The Morgan fingerprint density at radius 2 is 1.32 bits per heavy atom. The standard InChI is InChI=1S/C56H71N5O8S2/c1-15-16-17-20-36(6)61(70(64)65)44-28-42-46(29-43(44)58-52-33(3)26-35(5)54(38(52)8)60-49(63)31-56(12,13)14)69-45-27-39(23-24-40(45)50(42)41-21-18-19-22-47(41)71(66,67)68)57-51-32(2)25-34(4)53(37(51)7)59-48(62)30-55(9,10)11/h18-19,21-29,36,58,70H,15-17,20,30-31H2,1-14H3,(H,59,62)(H,60,63)(H,66,67,68)/b57-39-. The number of anilines is 5. The van der Waals surface area contributed by atoms with E-state index in [1.54, 1.807) is 42.5 Å². The van der Waals surface area contributed by atoms with Crippen molar-refractivity contribution in [1.29, 1.82) is 0 Å². The molecule has 13 nitrogen and oxygen atoms in total. The second-order valence-corrected chi connectivity index (χ2v) is 23.8. The number of hydrogen-bond acceptors (Lipinski definition) is 9. The summed E-state index contributed by atoms with van der Waals surface area (Å²) >= 11 is 0. The quantitative estimate of drug-likeness (QED) is 0.0272. The zero-order valence-electron chi connectivity index (χ0n) is 43.7. The first kappa shape index (κ1) is 54.3. The van der Waals surface area contributed by atoms with E-state index in [2.05, 4.69) is 22.9 Å². The molecule has 0 radical (unpaired) electrons. The second kappa shape index (κ2) is 21.4. The number of benzene rings is 5. The summed E-state index contributed by atoms with van der Waals surface area (Å²) in [5.41, 5.74) is 9.18. The molecule has 2 aliphatic rings. The largest absolute Gasteiger partial charge is 0.456 e. The average Bonchev–Trinajstić information content (AvgIpc) is 3.24. The van der Waals surface area contributed by atoms with E-state index in [0.29, 0.717) is 75.3 Å². The van der Waals surface area contributed by atoms with Gasteiger partial charge in [0.1, 0.15) is 16.2 Å². The number of nitrogens with zero attached hydrogens (tertiary/aromatic N) is 2. The van der Waals surface area contributed by atoms with Crippen molar-refractivity contribution < 1.29 is 35.4 Å². The van der Waals surface area contributed by atoms with Gasteiger partial charge in [0, 0.05) is 70.2 Å². The molecular formula is C56H71N5O8S2. The van der Waals surface area contributed by atoms with Gasteiger partial charge in [-0.25, -0.2) is 13.4 Å². The normalized spacial score (nSPS) is 13.0. The molecule has 0 saturated carbocycles. The molecule has 1 aliphatic carbocycles. The van der Waals surface area contributed by atoms with Gasteiger partial charge in [0.05, 0.1) is 22.4 Å². The summed E-state index contributed by atoms with van der Waals surface area (Å²) in [7, 11) is -8.02. The van der Waals surface area contributed by atoms with Crippen LogP contribution in [0.25, 0.3) is 33.4 Å². The van der Waals surface area contributed by atoms with E-state index >= 15 is 0 Å². The highest BCUT2D eigenvalue weighted by atomic mass is 32.2. The maximum Gasteiger partial charge on any atom is 0.295 e. The Bertz CT molecular complexity index is 3260. The SMILES string of the molecule is CCCCCC(C)N(c1cc2c(-c3ccccc3S(=O)(=O)O)c3cc/c(=N/c4c(C)cc(C)c(NC(=O)CC(C)(C)C)c4C)cc-3oc2cc1Nc1c(C)cc(C)c(NC(=O)CC(C)(C)C)c1C)[SH](=O)=O. The number of nitrogens with one attached hydrogen (secondary N) is 3. The third kappa shape index (κ3) is 12.7. The first-order valence-corrected chi connectivity index (χ1v) is 26.8. The molecule has 15 heteroatoms. The molecule has 0 saturated heterocycles. The topological polar surface area (TPSA) is 187 Å². The number of carbonyl (C=O) groups is 2. The van der Waals surface area contributed by atoms with E-state index in [0.717, 1.165) is 52.6 Å². The Morgan fingerprint density at radius 3 is 1.90 bits per heavy atom. The lowest BCUT2D eigenvalue weighted by Crippen LogP contribution is -2.32. The second-order valence-electron chi connectivity index (χ2n) is 21.5. The summed E-state index contributed by atoms with van der Waals surface area (Å²) in [6.45, 7) is 27.6. The molecule has 1 aliphatic heterocycles. The lowest BCUT2D eigenvalue weighted by Gasteiger charge is -2.29. The van der Waals surface area contributed by atoms with Crippen LogP contribution in [0.15, 0.2) is 81.0 Å². The van der Waals surface area contributed by atoms with Crippen LogP contribution < -0.4 is 25.6 Å². The summed E-state index contributed by atoms with van der Waals surface area (Å²) in [5.74, 6) is 0.0903. The summed E-state index contributed by atoms with van der Waals surface area (Å²) in [6, 6.07) is 18.3. The number of amides is 2. The van der Waals surface area contributed by atoms with E-state index in [1.165, 1.54) is 16.4 Å². The smallest absolute Gasteiger partial charge is 0.295 e. The van der Waals surface area contributed by atoms with E-state index in [9.17, 15) is 31.0 Å². The lowest BCUT2D eigenvalue weighted by atomic mass is 9.91. The molecule has 4 N–H and O–H groups in total. The molecule has 1 heterocycles. The van der Waals surface area contributed by atoms with Crippen LogP contribution in [-0.4, -0.2) is 39.2 Å². The number of rotatable bonds is 16. The third-order valence-electron chi connectivity index (χ3n) is 12.6. The fraction of sp³-hybridized carbons (Fsp3) is 0.411. The van der Waals surface area contributed by atoms with Gasteiger partial charge in [-0.2, -0.15) is 8.42 Å². The van der Waals surface area contributed by atoms with E-state index in [4.69, 9.17) is 9.41 Å². The Labute approximate surface area is 421 Å². The number of thiol groups is 1. The number of unbranched alkanes of at least 4 members (excludes halogenated alkanes) is 2. The van der Waals surface area contributed by atoms with Crippen molar-refractivity contribution in [2.24, 2.45) is 15.8 Å². The van der Waals surface area contributed by atoms with Crippen LogP contribution in [0.5, 0.6) is 0 Å². The van der Waals surface area contributed by atoms with Crippen LogP contribution in [0.2, 0.25) is 0 Å². The highest BCUT2D eigenvalue weighted by Gasteiger charge is 2.29. The Balaban J connectivity index is 1.68. The van der Waals surface area contributed by atoms with Crippen molar-refractivity contribution in [2.75, 3.05) is 20.3 Å². The summed E-state index contributed by atoms with van der Waals surface area (Å²) in [4.78, 5) is 31.3. The molecule has 2 amide bonds. The molecule has 1 atom stereocenters. The van der Waals surface area contributed by atoms with Gasteiger partial charge in [-0.1, -0.05) is 98.1 Å². The number of aryl methyl sites for hydroxylation is 4. The summed E-state index contributed by atoms with van der Waals surface area (Å²) < 4.78 is 72.5. The summed E-state index contributed by atoms with van der Waals surface area (Å²) in [6.07, 6.45) is 3.85. The molecule has 0 aromatic heterocycles. The fourth-order valence-electron chi connectivity index (χ4n) is 9.46. The molecule has 0 spiro atoms. The van der Waals surface area contributed by atoms with Crippen LogP contribution in [-0.2, 0) is 30.6 Å². The van der Waals surface area contributed by atoms with Crippen LogP contribution in [0, 0.1) is 52.4 Å². The van der Waals surface area contributed by atoms with Gasteiger partial charge >= 0.3 is 0 Å². The Morgan fingerprint density at radius 1 is 0.746 bits per heavy atom. The van der Waals surface area contributed by atoms with Crippen molar-refractivity contribution in [1.82, 2.24) is 0 Å². The highest BCUT2D eigenvalue weighted by Crippen LogP contribution is 2.47. The Kier molecular flexibility index (Phi) is 16.3. The van der Waals surface area contributed by atoms with Gasteiger partial charge < -0.3 is 20.4 Å². The zero-order valence-corrected chi connectivity index (χ0v) is 45.4. The monoisotopic (exact) mass is 1010 g/mol.